The largest absolute Gasteiger partial charge is 0.0616 e. The Labute approximate surface area is 105 Å². The lowest BCUT2D eigenvalue weighted by Gasteiger charge is -2.14. The third-order valence-electron chi connectivity index (χ3n) is 3.34. The Morgan fingerprint density at radius 3 is 2.00 bits per heavy atom. The number of hydrogen-bond donors (Lipinski definition) is 0. The van der Waals surface area contributed by atoms with Crippen LogP contribution in [-0.4, -0.2) is 0 Å². The first-order valence-electron chi connectivity index (χ1n) is 5.42. The third kappa shape index (κ3) is 1.69. The van der Waals surface area contributed by atoms with Crippen LogP contribution in [0.2, 0.25) is 0 Å². The van der Waals surface area contributed by atoms with E-state index in [1.54, 1.807) is 0 Å². The van der Waals surface area contributed by atoms with Crippen LogP contribution in [0.4, 0.5) is 0 Å². The zero-order valence-electron chi connectivity index (χ0n) is 9.84. The van der Waals surface area contributed by atoms with Crippen LogP contribution in [0.3, 0.4) is 0 Å². The minimum atomic E-state index is 1.33. The summed E-state index contributed by atoms with van der Waals surface area (Å²) < 4.78 is 0. The number of halogens is 1. The van der Waals surface area contributed by atoms with Crippen LogP contribution in [-0.2, 0) is 0 Å². The molecule has 0 saturated carbocycles. The molecule has 0 radical (unpaired) electrons. The number of rotatable bonds is 1. The smallest absolute Gasteiger partial charge is 0.0146 e. The lowest BCUT2D eigenvalue weighted by molar-refractivity contribution is 1.32. The maximum atomic E-state index is 3.36. The Morgan fingerprint density at radius 1 is 0.875 bits per heavy atom. The van der Waals surface area contributed by atoms with Gasteiger partial charge in [0.2, 0.25) is 0 Å². The highest BCUT2D eigenvalue weighted by Gasteiger charge is 2.08. The van der Waals surface area contributed by atoms with Crippen molar-refractivity contribution >= 4 is 32.8 Å². The Balaban J connectivity index is 2.94. The van der Waals surface area contributed by atoms with E-state index in [0.717, 1.165) is 0 Å². The van der Waals surface area contributed by atoms with Crippen molar-refractivity contribution in [1.29, 1.82) is 0 Å². The molecule has 1 heteroatoms. The topological polar surface area (TPSA) is 0 Å². The summed E-state index contributed by atoms with van der Waals surface area (Å²) in [5, 5.41) is 2.72. The van der Waals surface area contributed by atoms with Crippen LogP contribution in [0.15, 0.2) is 29.3 Å². The van der Waals surface area contributed by atoms with E-state index < -0.39 is 0 Å². The van der Waals surface area contributed by atoms with E-state index in [0.29, 0.717) is 0 Å². The van der Waals surface area contributed by atoms with E-state index in [1.165, 1.54) is 33.0 Å². The Hall–Kier alpha value is -1.08. The Morgan fingerprint density at radius 2 is 1.44 bits per heavy atom. The zero-order chi connectivity index (χ0) is 11.7. The van der Waals surface area contributed by atoms with Gasteiger partial charge in [-0.3, -0.25) is 0 Å². The van der Waals surface area contributed by atoms with E-state index in [4.69, 9.17) is 0 Å². The van der Waals surface area contributed by atoms with Gasteiger partial charge in [0.25, 0.3) is 0 Å². The van der Waals surface area contributed by atoms with Crippen LogP contribution < -0.4 is 0 Å². The fourth-order valence-corrected chi connectivity index (χ4v) is 2.54. The van der Waals surface area contributed by atoms with Gasteiger partial charge in [0.05, 0.1) is 0 Å². The van der Waals surface area contributed by atoms with Crippen molar-refractivity contribution < 1.29 is 0 Å². The fourth-order valence-electron chi connectivity index (χ4n) is 2.28. The van der Waals surface area contributed by atoms with Crippen molar-refractivity contribution in [3.05, 3.63) is 51.5 Å². The first-order valence-corrected chi connectivity index (χ1v) is 6.33. The van der Waals surface area contributed by atoms with Gasteiger partial charge in [0, 0.05) is 0 Å². The molecule has 2 rings (SSSR count). The Kier molecular flexibility index (Phi) is 3.15. The molecule has 82 valence electrons. The molecule has 0 amide bonds. The van der Waals surface area contributed by atoms with E-state index in [2.05, 4.69) is 67.0 Å². The van der Waals surface area contributed by atoms with Gasteiger partial charge in [-0.1, -0.05) is 40.2 Å². The summed E-state index contributed by atoms with van der Waals surface area (Å²) in [5.41, 5.74) is 5.43. The standard InChI is InChI=1S/C15H15Br/c1-10-11(2)14-6-4-5-7-15(14)12(3)13(10)8-9-16/h4-9H,1-3H3. The molecule has 0 aliphatic rings. The lowest BCUT2D eigenvalue weighted by atomic mass is 9.91. The van der Waals surface area contributed by atoms with Crippen LogP contribution in [0.5, 0.6) is 0 Å². The molecule has 0 aromatic heterocycles. The highest BCUT2D eigenvalue weighted by molar-refractivity contribution is 9.11. The van der Waals surface area contributed by atoms with Crippen molar-refractivity contribution in [1.82, 2.24) is 0 Å². The first-order chi connectivity index (χ1) is 7.66. The molecule has 0 aliphatic carbocycles. The average Bonchev–Trinajstić information content (AvgIpc) is 2.32. The molecule has 0 atom stereocenters. The number of aryl methyl sites for hydroxylation is 2. The number of hydrogen-bond acceptors (Lipinski definition) is 0. The second kappa shape index (κ2) is 4.42. The summed E-state index contributed by atoms with van der Waals surface area (Å²) in [6.07, 6.45) is 2.13. The second-order valence-electron chi connectivity index (χ2n) is 4.13. The van der Waals surface area contributed by atoms with Gasteiger partial charge in [-0.05, 0) is 64.9 Å². The van der Waals surface area contributed by atoms with Gasteiger partial charge >= 0.3 is 0 Å². The van der Waals surface area contributed by atoms with E-state index in [1.807, 2.05) is 4.99 Å². The molecular weight excluding hydrogens is 260 g/mol. The highest BCUT2D eigenvalue weighted by atomic mass is 79.9. The molecule has 0 spiro atoms. The highest BCUT2D eigenvalue weighted by Crippen LogP contribution is 2.30. The maximum absolute atomic E-state index is 3.36. The predicted octanol–water partition coefficient (Wildman–Crippen LogP) is 5.13. The third-order valence-corrected chi connectivity index (χ3v) is 3.60. The second-order valence-corrected chi connectivity index (χ2v) is 4.66. The van der Waals surface area contributed by atoms with Crippen molar-refractivity contribution in [3.63, 3.8) is 0 Å². The average molecular weight is 275 g/mol. The quantitative estimate of drug-likeness (QED) is 0.676. The van der Waals surface area contributed by atoms with Gasteiger partial charge in [-0.2, -0.15) is 0 Å². The molecule has 0 nitrogen and oxygen atoms in total. The normalized spacial score (nSPS) is 11.5. The van der Waals surface area contributed by atoms with Crippen LogP contribution in [0.25, 0.3) is 16.8 Å². The summed E-state index contributed by atoms with van der Waals surface area (Å²) >= 11 is 3.36. The maximum Gasteiger partial charge on any atom is -0.0146 e. The minimum absolute atomic E-state index is 1.33. The van der Waals surface area contributed by atoms with Gasteiger partial charge in [-0.25, -0.2) is 0 Å². The van der Waals surface area contributed by atoms with Crippen molar-refractivity contribution in [2.75, 3.05) is 0 Å². The van der Waals surface area contributed by atoms with Gasteiger partial charge < -0.3 is 0 Å². The molecule has 0 heterocycles. The van der Waals surface area contributed by atoms with E-state index in [-0.39, 0.29) is 0 Å². The molecule has 0 saturated heterocycles. The molecule has 2 aromatic carbocycles. The summed E-state index contributed by atoms with van der Waals surface area (Å²) in [7, 11) is 0. The van der Waals surface area contributed by atoms with Gasteiger partial charge in [-0.15, -0.1) is 0 Å². The van der Waals surface area contributed by atoms with Crippen molar-refractivity contribution in [3.8, 4) is 0 Å². The zero-order valence-corrected chi connectivity index (χ0v) is 11.4. The number of fused-ring (bicyclic) bond motifs is 1. The first kappa shape index (κ1) is 11.4. The molecule has 0 fully saturated rings. The predicted molar refractivity (Wildman–Crippen MR) is 76.1 cm³/mol. The van der Waals surface area contributed by atoms with Gasteiger partial charge in [0.1, 0.15) is 0 Å². The van der Waals surface area contributed by atoms with Crippen LogP contribution >= 0.6 is 15.9 Å². The van der Waals surface area contributed by atoms with Crippen LogP contribution in [0, 0.1) is 20.8 Å². The Bertz CT molecular complexity index is 565. The van der Waals surface area contributed by atoms with Crippen LogP contribution in [0.1, 0.15) is 22.3 Å². The molecule has 2 aromatic rings. The number of benzene rings is 2. The molecule has 0 N–H and O–H groups in total. The lowest BCUT2D eigenvalue weighted by Crippen LogP contribution is -1.93. The van der Waals surface area contributed by atoms with E-state index in [9.17, 15) is 0 Å². The summed E-state index contributed by atoms with van der Waals surface area (Å²) in [5.74, 6) is 0. The van der Waals surface area contributed by atoms with Crippen molar-refractivity contribution in [2.24, 2.45) is 0 Å². The summed E-state index contributed by atoms with van der Waals surface area (Å²) in [6, 6.07) is 8.61. The molecule has 0 bridgehead atoms. The van der Waals surface area contributed by atoms with Crippen molar-refractivity contribution in [2.45, 2.75) is 20.8 Å². The molecule has 0 unspecified atom stereocenters. The summed E-state index contributed by atoms with van der Waals surface area (Å²) in [6.45, 7) is 6.58. The minimum Gasteiger partial charge on any atom is -0.0616 e. The molecular formula is C15H15Br. The summed E-state index contributed by atoms with van der Waals surface area (Å²) in [4.78, 5) is 1.93. The SMILES string of the molecule is Cc1c(C=CBr)c(C)c2ccccc2c1C. The van der Waals surface area contributed by atoms with Gasteiger partial charge in [0.15, 0.2) is 0 Å². The monoisotopic (exact) mass is 274 g/mol. The fraction of sp³-hybridized carbons (Fsp3) is 0.200. The molecule has 0 aliphatic heterocycles. The molecule has 16 heavy (non-hydrogen) atoms. The van der Waals surface area contributed by atoms with E-state index >= 15 is 0 Å².